The highest BCUT2D eigenvalue weighted by Gasteiger charge is 2.26. The molecule has 11 heteroatoms. The van der Waals surface area contributed by atoms with Gasteiger partial charge in [0.15, 0.2) is 0 Å². The molecule has 1 amide bonds. The number of carbonyl (C=O) groups is 1. The molecule has 0 saturated carbocycles. The van der Waals surface area contributed by atoms with Crippen LogP contribution in [0.3, 0.4) is 0 Å². The minimum atomic E-state index is -3.61. The number of halogens is 1. The lowest BCUT2D eigenvalue weighted by molar-refractivity contribution is 0.0940. The summed E-state index contributed by atoms with van der Waals surface area (Å²) in [5.41, 5.74) is 1.64. The zero-order valence-electron chi connectivity index (χ0n) is 21.5. The van der Waals surface area contributed by atoms with E-state index in [0.29, 0.717) is 22.6 Å². The standard InChI is InChI=1S/C26H30FN3O5S2/c1-17(18-7-9-21(27)10-8-18)29-25(31)20-13-19(14-22(15-20)30(5)37(6,33)34)24-12-11-23(35-24)16-28-36(32)26(2,3)4/h7-17H,1-6H3,(H,29,31)/b28-16+/t17-,36?/m1/s1. The first-order valence-corrected chi connectivity index (χ1v) is 14.3. The van der Waals surface area contributed by atoms with Gasteiger partial charge in [0.2, 0.25) is 10.0 Å². The number of hydrogen-bond donors (Lipinski definition) is 1. The highest BCUT2D eigenvalue weighted by molar-refractivity contribution is 7.92. The normalized spacial score (nSPS) is 13.9. The number of sulfonamides is 1. The van der Waals surface area contributed by atoms with Gasteiger partial charge in [0, 0.05) is 18.2 Å². The number of amides is 1. The van der Waals surface area contributed by atoms with E-state index in [1.165, 1.54) is 31.5 Å². The molecule has 1 aromatic heterocycles. The molecule has 198 valence electrons. The molecule has 1 N–H and O–H groups in total. The monoisotopic (exact) mass is 547 g/mol. The summed E-state index contributed by atoms with van der Waals surface area (Å²) in [4.78, 5) is 13.1. The number of benzene rings is 2. The first kappa shape index (κ1) is 28.4. The molecule has 2 atom stereocenters. The maximum atomic E-state index is 13.3. The highest BCUT2D eigenvalue weighted by Crippen LogP contribution is 2.29. The maximum Gasteiger partial charge on any atom is 0.251 e. The molecule has 1 heterocycles. The lowest BCUT2D eigenvalue weighted by Crippen LogP contribution is -2.28. The number of anilines is 1. The predicted molar refractivity (Wildman–Crippen MR) is 145 cm³/mol. The Morgan fingerprint density at radius 3 is 2.41 bits per heavy atom. The molecule has 0 aliphatic heterocycles. The fraction of sp³-hybridized carbons (Fsp3) is 0.308. The van der Waals surface area contributed by atoms with Gasteiger partial charge >= 0.3 is 0 Å². The largest absolute Gasteiger partial charge is 0.591 e. The van der Waals surface area contributed by atoms with E-state index in [4.69, 9.17) is 4.42 Å². The average molecular weight is 548 g/mol. The van der Waals surface area contributed by atoms with Crippen molar-refractivity contribution in [3.8, 4) is 11.3 Å². The summed E-state index contributed by atoms with van der Waals surface area (Å²) in [6.07, 6.45) is 2.43. The summed E-state index contributed by atoms with van der Waals surface area (Å²) >= 11 is -1.46. The van der Waals surface area contributed by atoms with Crippen molar-refractivity contribution in [1.82, 2.24) is 5.32 Å². The van der Waals surface area contributed by atoms with Crippen molar-refractivity contribution < 1.29 is 26.6 Å². The second-order valence-electron chi connectivity index (χ2n) is 9.54. The molecule has 0 aliphatic rings. The SMILES string of the molecule is C[C@@H](NC(=O)c1cc(-c2ccc(/C=N/[S+]([O-])C(C)(C)C)o2)cc(N(C)S(C)(=O)=O)c1)c1ccc(F)cc1. The lowest BCUT2D eigenvalue weighted by Gasteiger charge is -2.19. The molecule has 2 aromatic carbocycles. The first-order valence-electron chi connectivity index (χ1n) is 11.4. The summed E-state index contributed by atoms with van der Waals surface area (Å²) in [7, 11) is -2.23. The molecule has 0 fully saturated rings. The van der Waals surface area contributed by atoms with E-state index in [1.54, 1.807) is 64.1 Å². The van der Waals surface area contributed by atoms with Crippen molar-refractivity contribution >= 4 is 39.2 Å². The van der Waals surface area contributed by atoms with Gasteiger partial charge in [-0.05, 0) is 75.7 Å². The number of carbonyl (C=O) groups excluding carboxylic acids is 1. The van der Waals surface area contributed by atoms with Crippen LogP contribution in [0.15, 0.2) is 63.4 Å². The van der Waals surface area contributed by atoms with Crippen LogP contribution in [0.2, 0.25) is 0 Å². The predicted octanol–water partition coefficient (Wildman–Crippen LogP) is 4.85. The third-order valence-corrected chi connectivity index (χ3v) is 8.02. The molecule has 3 rings (SSSR count). The van der Waals surface area contributed by atoms with E-state index in [2.05, 4.69) is 9.71 Å². The van der Waals surface area contributed by atoms with E-state index in [9.17, 15) is 22.2 Å². The van der Waals surface area contributed by atoms with Crippen molar-refractivity contribution in [3.63, 3.8) is 0 Å². The fourth-order valence-electron chi connectivity index (χ4n) is 3.21. The Bertz CT molecular complexity index is 1400. The van der Waals surface area contributed by atoms with Crippen molar-refractivity contribution in [1.29, 1.82) is 0 Å². The molecular formula is C26H30FN3O5S2. The first-order chi connectivity index (χ1) is 17.1. The summed E-state index contributed by atoms with van der Waals surface area (Å²) in [6.45, 7) is 7.18. The van der Waals surface area contributed by atoms with E-state index in [0.717, 1.165) is 10.6 Å². The van der Waals surface area contributed by atoms with Crippen LogP contribution in [-0.4, -0.2) is 43.1 Å². The number of furan rings is 1. The van der Waals surface area contributed by atoms with Crippen LogP contribution >= 0.6 is 0 Å². The van der Waals surface area contributed by atoms with Crippen LogP contribution in [0, 0.1) is 5.82 Å². The van der Waals surface area contributed by atoms with Gasteiger partial charge in [-0.2, -0.15) is 0 Å². The van der Waals surface area contributed by atoms with Crippen LogP contribution in [0.5, 0.6) is 0 Å². The van der Waals surface area contributed by atoms with Crippen LogP contribution in [0.1, 0.15) is 55.4 Å². The number of nitrogens with zero attached hydrogens (tertiary/aromatic N) is 2. The van der Waals surface area contributed by atoms with E-state index in [-0.39, 0.29) is 17.1 Å². The Morgan fingerprint density at radius 1 is 1.16 bits per heavy atom. The summed E-state index contributed by atoms with van der Waals surface area (Å²) in [6, 6.07) is 13.3. The minimum absolute atomic E-state index is 0.206. The zero-order chi connectivity index (χ0) is 27.5. The van der Waals surface area contributed by atoms with Gasteiger partial charge in [-0.1, -0.05) is 16.5 Å². The van der Waals surface area contributed by atoms with E-state index in [1.807, 2.05) is 0 Å². The molecule has 8 nitrogen and oxygen atoms in total. The lowest BCUT2D eigenvalue weighted by atomic mass is 10.0. The zero-order valence-corrected chi connectivity index (χ0v) is 23.1. The molecule has 3 aromatic rings. The van der Waals surface area contributed by atoms with Gasteiger partial charge in [-0.25, -0.2) is 12.8 Å². The summed E-state index contributed by atoms with van der Waals surface area (Å²) < 4.78 is 60.3. The van der Waals surface area contributed by atoms with Gasteiger partial charge in [-0.15, -0.1) is 0 Å². The molecule has 0 bridgehead atoms. The van der Waals surface area contributed by atoms with Crippen LogP contribution in [-0.2, 0) is 21.4 Å². The van der Waals surface area contributed by atoms with Gasteiger partial charge in [0.1, 0.15) is 39.7 Å². The third kappa shape index (κ3) is 7.43. The number of nitrogens with one attached hydrogen (secondary N) is 1. The Hall–Kier alpha value is -3.15. The Morgan fingerprint density at radius 2 is 1.81 bits per heavy atom. The van der Waals surface area contributed by atoms with Crippen LogP contribution < -0.4 is 9.62 Å². The molecule has 0 spiro atoms. The molecule has 0 aliphatic carbocycles. The van der Waals surface area contributed by atoms with Crippen molar-refractivity contribution in [2.45, 2.75) is 38.5 Å². The second kappa shape index (κ2) is 11.1. The van der Waals surface area contributed by atoms with Crippen LogP contribution in [0.4, 0.5) is 10.1 Å². The van der Waals surface area contributed by atoms with Crippen molar-refractivity contribution in [2.75, 3.05) is 17.6 Å². The quantitative estimate of drug-likeness (QED) is 0.320. The Labute approximate surface area is 220 Å². The van der Waals surface area contributed by atoms with Gasteiger partial charge in [-0.3, -0.25) is 9.10 Å². The van der Waals surface area contributed by atoms with Crippen molar-refractivity contribution in [2.24, 2.45) is 4.40 Å². The van der Waals surface area contributed by atoms with Crippen molar-refractivity contribution in [3.05, 3.63) is 77.3 Å². The average Bonchev–Trinajstić information content (AvgIpc) is 3.30. The Balaban J connectivity index is 1.95. The number of rotatable bonds is 8. The van der Waals surface area contributed by atoms with Gasteiger partial charge in [0.25, 0.3) is 5.91 Å². The molecule has 0 saturated heterocycles. The van der Waals surface area contributed by atoms with Crippen LogP contribution in [0.25, 0.3) is 11.3 Å². The third-order valence-electron chi connectivity index (χ3n) is 5.47. The number of hydrogen-bond acceptors (Lipinski definition) is 6. The van der Waals surface area contributed by atoms with Gasteiger partial charge in [0.05, 0.1) is 18.0 Å². The molecule has 37 heavy (non-hydrogen) atoms. The summed E-state index contributed by atoms with van der Waals surface area (Å²) in [5.74, 6) is -0.107. The minimum Gasteiger partial charge on any atom is -0.591 e. The van der Waals surface area contributed by atoms with E-state index < -0.39 is 38.1 Å². The fourth-order valence-corrected chi connectivity index (χ4v) is 4.21. The second-order valence-corrected chi connectivity index (χ2v) is 13.5. The van der Waals surface area contributed by atoms with Gasteiger partial charge < -0.3 is 14.3 Å². The summed E-state index contributed by atoms with van der Waals surface area (Å²) in [5, 5.41) is 2.85. The molecule has 1 unspecified atom stereocenters. The maximum absolute atomic E-state index is 13.3. The highest BCUT2D eigenvalue weighted by atomic mass is 32.2. The smallest absolute Gasteiger partial charge is 0.251 e. The van der Waals surface area contributed by atoms with E-state index >= 15 is 0 Å². The molecule has 0 radical (unpaired) electrons. The Kier molecular flexibility index (Phi) is 8.51. The topological polar surface area (TPSA) is 115 Å². The molecular weight excluding hydrogens is 517 g/mol.